The van der Waals surface area contributed by atoms with E-state index in [4.69, 9.17) is 32.7 Å². The highest BCUT2D eigenvalue weighted by Crippen LogP contribution is 2.25. The van der Waals surface area contributed by atoms with Gasteiger partial charge in [0.05, 0.1) is 6.61 Å². The zero-order chi connectivity index (χ0) is 18.5. The first-order chi connectivity index (χ1) is 12.6. The van der Waals surface area contributed by atoms with Gasteiger partial charge >= 0.3 is 5.97 Å². The Bertz CT molecular complexity index is 910. The van der Waals surface area contributed by atoms with Gasteiger partial charge in [-0.05, 0) is 43.3 Å². The van der Waals surface area contributed by atoms with E-state index in [0.717, 1.165) is 11.1 Å². The minimum atomic E-state index is -0.519. The average Bonchev–Trinajstić information content (AvgIpc) is 3.11. The number of benzene rings is 2. The van der Waals surface area contributed by atoms with Crippen molar-refractivity contribution in [2.75, 3.05) is 6.61 Å². The maximum atomic E-state index is 11.9. The van der Waals surface area contributed by atoms with Gasteiger partial charge in [-0.25, -0.2) is 4.79 Å². The smallest absolute Gasteiger partial charge is 0.361 e. The molecule has 0 saturated heterocycles. The number of carbonyl (C=O) groups excluding carboxylic acids is 1. The van der Waals surface area contributed by atoms with E-state index in [1.165, 1.54) is 0 Å². The molecule has 2 aromatic carbocycles. The van der Waals surface area contributed by atoms with Crippen LogP contribution in [0.5, 0.6) is 5.75 Å². The van der Waals surface area contributed by atoms with Crippen LogP contribution < -0.4 is 4.74 Å². The van der Waals surface area contributed by atoms with E-state index in [-0.39, 0.29) is 12.3 Å². The third-order valence-electron chi connectivity index (χ3n) is 3.55. The highest BCUT2D eigenvalue weighted by Gasteiger charge is 2.18. The minimum absolute atomic E-state index is 0.147. The van der Waals surface area contributed by atoms with Gasteiger partial charge in [0, 0.05) is 21.2 Å². The molecule has 0 atom stereocenters. The Morgan fingerprint density at radius 2 is 1.88 bits per heavy atom. The van der Waals surface area contributed by atoms with Crippen LogP contribution in [0.2, 0.25) is 10.0 Å². The van der Waals surface area contributed by atoms with Gasteiger partial charge in [0.25, 0.3) is 0 Å². The number of rotatable bonds is 6. The first-order valence-corrected chi connectivity index (χ1v) is 8.59. The van der Waals surface area contributed by atoms with Crippen molar-refractivity contribution >= 4 is 29.2 Å². The molecule has 0 spiro atoms. The zero-order valence-electron chi connectivity index (χ0n) is 13.8. The average molecular weight is 392 g/mol. The molecule has 3 aromatic rings. The van der Waals surface area contributed by atoms with E-state index in [1.54, 1.807) is 43.3 Å². The fraction of sp³-hybridized carbons (Fsp3) is 0.167. The van der Waals surface area contributed by atoms with Crippen LogP contribution in [0, 0.1) is 0 Å². The number of aromatic nitrogens is 3. The fourth-order valence-electron chi connectivity index (χ4n) is 2.28. The minimum Gasteiger partial charge on any atom is -0.489 e. The Hall–Kier alpha value is -2.57. The molecular formula is C18H15Cl2N3O3. The third kappa shape index (κ3) is 4.15. The lowest BCUT2D eigenvalue weighted by atomic mass is 10.1. The molecule has 134 valence electrons. The summed E-state index contributed by atoms with van der Waals surface area (Å²) < 4.78 is 10.7. The molecule has 0 radical (unpaired) electrons. The van der Waals surface area contributed by atoms with Crippen LogP contribution in [0.4, 0.5) is 0 Å². The second-order valence-corrected chi connectivity index (χ2v) is 6.13. The molecule has 0 aliphatic rings. The summed E-state index contributed by atoms with van der Waals surface area (Å²) >= 11 is 12.0. The molecule has 0 unspecified atom stereocenters. The van der Waals surface area contributed by atoms with Crippen molar-refractivity contribution < 1.29 is 14.3 Å². The van der Waals surface area contributed by atoms with Crippen molar-refractivity contribution in [2.45, 2.75) is 13.5 Å². The summed E-state index contributed by atoms with van der Waals surface area (Å²) in [7, 11) is 0. The van der Waals surface area contributed by atoms with E-state index >= 15 is 0 Å². The summed E-state index contributed by atoms with van der Waals surface area (Å²) in [5.74, 6) is 0.134. The molecule has 0 amide bonds. The molecule has 0 aliphatic heterocycles. The molecular weight excluding hydrogens is 377 g/mol. The number of aromatic amines is 1. The second-order valence-electron chi connectivity index (χ2n) is 5.29. The van der Waals surface area contributed by atoms with Crippen LogP contribution in [0.25, 0.3) is 11.3 Å². The highest BCUT2D eigenvalue weighted by atomic mass is 35.5. The van der Waals surface area contributed by atoms with Gasteiger partial charge in [-0.2, -0.15) is 10.3 Å². The summed E-state index contributed by atoms with van der Waals surface area (Å²) in [5.41, 5.74) is 2.13. The van der Waals surface area contributed by atoms with E-state index in [0.29, 0.717) is 28.1 Å². The number of carbonyl (C=O) groups is 1. The predicted molar refractivity (Wildman–Crippen MR) is 98.6 cm³/mol. The second kappa shape index (κ2) is 8.21. The Labute approximate surface area is 160 Å². The Kier molecular flexibility index (Phi) is 5.75. The maximum absolute atomic E-state index is 11.9. The van der Waals surface area contributed by atoms with E-state index < -0.39 is 5.97 Å². The van der Waals surface area contributed by atoms with Crippen molar-refractivity contribution in [2.24, 2.45) is 0 Å². The van der Waals surface area contributed by atoms with E-state index in [1.807, 2.05) is 6.07 Å². The molecule has 3 rings (SSSR count). The Morgan fingerprint density at radius 3 is 2.58 bits per heavy atom. The maximum Gasteiger partial charge on any atom is 0.361 e. The first kappa shape index (κ1) is 18.2. The summed E-state index contributed by atoms with van der Waals surface area (Å²) in [5, 5.41) is 11.5. The van der Waals surface area contributed by atoms with Gasteiger partial charge in [-0.1, -0.05) is 29.3 Å². The van der Waals surface area contributed by atoms with Gasteiger partial charge in [0.15, 0.2) is 5.69 Å². The SMILES string of the molecule is CCOC(=O)c1n[nH]nc1-c1ccc(OCc2ccc(Cl)cc2Cl)cc1. The number of H-pyrrole nitrogens is 1. The van der Waals surface area contributed by atoms with Gasteiger partial charge in [0.1, 0.15) is 18.1 Å². The van der Waals surface area contributed by atoms with Crippen molar-refractivity contribution in [1.29, 1.82) is 0 Å². The van der Waals surface area contributed by atoms with Crippen molar-refractivity contribution in [3.05, 3.63) is 63.8 Å². The molecule has 8 heteroatoms. The summed E-state index contributed by atoms with van der Waals surface area (Å²) in [6, 6.07) is 12.4. The number of halogens is 2. The topological polar surface area (TPSA) is 77.1 Å². The van der Waals surface area contributed by atoms with Crippen LogP contribution in [0.1, 0.15) is 23.0 Å². The van der Waals surface area contributed by atoms with Gasteiger partial charge in [-0.3, -0.25) is 0 Å². The van der Waals surface area contributed by atoms with Crippen LogP contribution in [-0.2, 0) is 11.3 Å². The molecule has 1 heterocycles. The number of nitrogens with one attached hydrogen (secondary N) is 1. The quantitative estimate of drug-likeness (QED) is 0.624. The third-order valence-corrected chi connectivity index (χ3v) is 4.14. The standard InChI is InChI=1S/C18H15Cl2N3O3/c1-2-25-18(24)17-16(21-23-22-17)11-4-7-14(8-5-11)26-10-12-3-6-13(19)9-15(12)20/h3-9H,2,10H2,1H3,(H,21,22,23). The molecule has 6 nitrogen and oxygen atoms in total. The summed E-state index contributed by atoms with van der Waals surface area (Å²) in [6.07, 6.45) is 0. The molecule has 1 aromatic heterocycles. The number of hydrogen-bond donors (Lipinski definition) is 1. The molecule has 0 bridgehead atoms. The largest absolute Gasteiger partial charge is 0.489 e. The molecule has 0 saturated carbocycles. The number of ether oxygens (including phenoxy) is 2. The highest BCUT2D eigenvalue weighted by molar-refractivity contribution is 6.35. The lowest BCUT2D eigenvalue weighted by molar-refractivity contribution is 0.0520. The van der Waals surface area contributed by atoms with Crippen LogP contribution in [0.3, 0.4) is 0 Å². The van der Waals surface area contributed by atoms with E-state index in [2.05, 4.69) is 15.4 Å². The van der Waals surface area contributed by atoms with Crippen molar-refractivity contribution in [1.82, 2.24) is 15.4 Å². The molecule has 26 heavy (non-hydrogen) atoms. The van der Waals surface area contributed by atoms with Crippen LogP contribution in [-0.4, -0.2) is 28.0 Å². The van der Waals surface area contributed by atoms with Crippen LogP contribution >= 0.6 is 23.2 Å². The van der Waals surface area contributed by atoms with Crippen LogP contribution in [0.15, 0.2) is 42.5 Å². The fourth-order valence-corrected chi connectivity index (χ4v) is 2.75. The van der Waals surface area contributed by atoms with Crippen molar-refractivity contribution in [3.63, 3.8) is 0 Å². The Balaban J connectivity index is 1.71. The summed E-state index contributed by atoms with van der Waals surface area (Å²) in [4.78, 5) is 11.9. The van der Waals surface area contributed by atoms with Gasteiger partial charge in [-0.15, -0.1) is 5.10 Å². The monoisotopic (exact) mass is 391 g/mol. The zero-order valence-corrected chi connectivity index (χ0v) is 15.3. The summed E-state index contributed by atoms with van der Waals surface area (Å²) in [6.45, 7) is 2.31. The van der Waals surface area contributed by atoms with E-state index in [9.17, 15) is 4.79 Å². The normalized spacial score (nSPS) is 10.6. The molecule has 0 fully saturated rings. The van der Waals surface area contributed by atoms with Gasteiger partial charge < -0.3 is 9.47 Å². The molecule has 0 aliphatic carbocycles. The lowest BCUT2D eigenvalue weighted by Gasteiger charge is -2.09. The number of nitrogens with zero attached hydrogens (tertiary/aromatic N) is 2. The number of hydrogen-bond acceptors (Lipinski definition) is 5. The number of esters is 1. The lowest BCUT2D eigenvalue weighted by Crippen LogP contribution is -2.06. The molecule has 1 N–H and O–H groups in total. The van der Waals surface area contributed by atoms with Crippen molar-refractivity contribution in [3.8, 4) is 17.0 Å². The first-order valence-electron chi connectivity index (χ1n) is 7.83. The predicted octanol–water partition coefficient (Wildman–Crippen LogP) is 4.53. The Morgan fingerprint density at radius 1 is 1.12 bits per heavy atom. The van der Waals surface area contributed by atoms with Gasteiger partial charge in [0.2, 0.25) is 0 Å².